The SMILES string of the molecule is COc1ccccc1Nc1ncnc(Oc2ccc(C)cc2)c1[N+](=O)[O-]. The minimum absolute atomic E-state index is 0.0108. The van der Waals surface area contributed by atoms with E-state index in [4.69, 9.17) is 9.47 Å². The first-order valence-electron chi connectivity index (χ1n) is 7.72. The number of para-hydroxylation sites is 2. The van der Waals surface area contributed by atoms with Crippen molar-refractivity contribution in [2.45, 2.75) is 6.92 Å². The van der Waals surface area contributed by atoms with E-state index in [0.29, 0.717) is 17.2 Å². The van der Waals surface area contributed by atoms with E-state index in [-0.39, 0.29) is 17.4 Å². The maximum Gasteiger partial charge on any atom is 0.373 e. The number of aryl methyl sites for hydroxylation is 1. The van der Waals surface area contributed by atoms with E-state index in [1.807, 2.05) is 19.1 Å². The van der Waals surface area contributed by atoms with Crippen LogP contribution in [0.1, 0.15) is 5.56 Å². The molecule has 0 saturated heterocycles. The molecule has 1 heterocycles. The number of hydrogen-bond acceptors (Lipinski definition) is 7. The summed E-state index contributed by atoms with van der Waals surface area (Å²) in [5, 5.41) is 14.5. The Morgan fingerprint density at radius 2 is 1.81 bits per heavy atom. The molecular formula is C18H16N4O4. The number of rotatable bonds is 6. The Morgan fingerprint density at radius 1 is 1.08 bits per heavy atom. The molecule has 26 heavy (non-hydrogen) atoms. The van der Waals surface area contributed by atoms with E-state index in [1.165, 1.54) is 13.4 Å². The van der Waals surface area contributed by atoms with Crippen LogP contribution in [0.4, 0.5) is 17.2 Å². The van der Waals surface area contributed by atoms with Crippen molar-refractivity contribution in [3.63, 3.8) is 0 Å². The van der Waals surface area contributed by atoms with Gasteiger partial charge < -0.3 is 14.8 Å². The van der Waals surface area contributed by atoms with Gasteiger partial charge in [-0.05, 0) is 31.2 Å². The molecule has 0 fully saturated rings. The first-order chi connectivity index (χ1) is 12.6. The van der Waals surface area contributed by atoms with Gasteiger partial charge in [0, 0.05) is 0 Å². The van der Waals surface area contributed by atoms with Gasteiger partial charge in [0.1, 0.15) is 17.8 Å². The summed E-state index contributed by atoms with van der Waals surface area (Å²) < 4.78 is 10.8. The molecule has 8 nitrogen and oxygen atoms in total. The smallest absolute Gasteiger partial charge is 0.373 e. The predicted molar refractivity (Wildman–Crippen MR) is 96.2 cm³/mol. The van der Waals surface area contributed by atoms with Crippen LogP contribution >= 0.6 is 0 Å². The number of ether oxygens (including phenoxy) is 2. The van der Waals surface area contributed by atoms with Gasteiger partial charge in [-0.3, -0.25) is 10.1 Å². The maximum absolute atomic E-state index is 11.6. The zero-order valence-electron chi connectivity index (χ0n) is 14.2. The number of methoxy groups -OCH3 is 1. The van der Waals surface area contributed by atoms with Gasteiger partial charge in [0.15, 0.2) is 0 Å². The average molecular weight is 352 g/mol. The number of benzene rings is 2. The number of nitrogens with one attached hydrogen (secondary N) is 1. The lowest BCUT2D eigenvalue weighted by Gasteiger charge is -2.11. The van der Waals surface area contributed by atoms with E-state index in [0.717, 1.165) is 5.56 Å². The van der Waals surface area contributed by atoms with Crippen molar-refractivity contribution >= 4 is 17.2 Å². The first kappa shape index (κ1) is 17.2. The number of nitrogens with zero attached hydrogens (tertiary/aromatic N) is 3. The highest BCUT2D eigenvalue weighted by Gasteiger charge is 2.25. The Morgan fingerprint density at radius 3 is 2.50 bits per heavy atom. The normalized spacial score (nSPS) is 10.2. The van der Waals surface area contributed by atoms with Gasteiger partial charge >= 0.3 is 11.6 Å². The molecule has 8 heteroatoms. The number of hydrogen-bond donors (Lipinski definition) is 1. The van der Waals surface area contributed by atoms with Crippen LogP contribution in [0.15, 0.2) is 54.9 Å². The summed E-state index contributed by atoms with van der Waals surface area (Å²) in [5.41, 5.74) is 1.23. The van der Waals surface area contributed by atoms with Crippen molar-refractivity contribution in [3.8, 4) is 17.4 Å². The maximum atomic E-state index is 11.6. The third kappa shape index (κ3) is 3.69. The Bertz CT molecular complexity index is 929. The molecule has 0 atom stereocenters. The molecule has 3 rings (SSSR count). The average Bonchev–Trinajstić information content (AvgIpc) is 2.64. The van der Waals surface area contributed by atoms with E-state index in [9.17, 15) is 10.1 Å². The fourth-order valence-corrected chi connectivity index (χ4v) is 2.29. The molecule has 0 saturated carbocycles. The largest absolute Gasteiger partial charge is 0.495 e. The summed E-state index contributed by atoms with van der Waals surface area (Å²) in [4.78, 5) is 18.9. The lowest BCUT2D eigenvalue weighted by molar-refractivity contribution is -0.385. The van der Waals surface area contributed by atoms with E-state index >= 15 is 0 Å². The molecule has 3 aromatic rings. The van der Waals surface area contributed by atoms with E-state index in [2.05, 4.69) is 15.3 Å². The standard InChI is InChI=1S/C18H16N4O4/c1-12-7-9-13(10-8-12)26-18-16(22(23)24)17(19-11-20-18)21-14-5-3-4-6-15(14)25-2/h3-11H,1-2H3,(H,19,20,21). The Kier molecular flexibility index (Phi) is 4.93. The van der Waals surface area contributed by atoms with Crippen molar-refractivity contribution in [1.29, 1.82) is 0 Å². The van der Waals surface area contributed by atoms with Crippen LogP contribution in [0.3, 0.4) is 0 Å². The Balaban J connectivity index is 1.98. The van der Waals surface area contributed by atoms with Gasteiger partial charge in [-0.25, -0.2) is 4.98 Å². The van der Waals surface area contributed by atoms with Gasteiger partial charge in [0.05, 0.1) is 17.7 Å². The quantitative estimate of drug-likeness (QED) is 0.523. The van der Waals surface area contributed by atoms with Crippen LogP contribution in [0.25, 0.3) is 0 Å². The van der Waals surface area contributed by atoms with Crippen molar-refractivity contribution in [2.75, 3.05) is 12.4 Å². The lowest BCUT2D eigenvalue weighted by atomic mass is 10.2. The molecular weight excluding hydrogens is 336 g/mol. The molecule has 0 aliphatic heterocycles. The second kappa shape index (κ2) is 7.47. The summed E-state index contributed by atoms with van der Waals surface area (Å²) >= 11 is 0. The molecule has 0 aliphatic rings. The van der Waals surface area contributed by atoms with Crippen LogP contribution in [0.2, 0.25) is 0 Å². The Labute approximate surface area is 149 Å². The van der Waals surface area contributed by atoms with Gasteiger partial charge in [0.25, 0.3) is 0 Å². The first-order valence-corrected chi connectivity index (χ1v) is 7.72. The van der Waals surface area contributed by atoms with Gasteiger partial charge in [-0.15, -0.1) is 0 Å². The van der Waals surface area contributed by atoms with Crippen molar-refractivity contribution in [2.24, 2.45) is 0 Å². The third-order valence-corrected chi connectivity index (χ3v) is 3.57. The zero-order chi connectivity index (χ0) is 18.5. The van der Waals surface area contributed by atoms with Gasteiger partial charge in [0.2, 0.25) is 5.82 Å². The van der Waals surface area contributed by atoms with Crippen LogP contribution < -0.4 is 14.8 Å². The van der Waals surface area contributed by atoms with E-state index in [1.54, 1.807) is 36.4 Å². The Hall–Kier alpha value is -3.68. The number of nitro groups is 1. The van der Waals surface area contributed by atoms with Gasteiger partial charge in [-0.2, -0.15) is 4.98 Å². The monoisotopic (exact) mass is 352 g/mol. The van der Waals surface area contributed by atoms with Crippen molar-refractivity contribution in [3.05, 3.63) is 70.5 Å². The minimum Gasteiger partial charge on any atom is -0.495 e. The van der Waals surface area contributed by atoms with Crippen molar-refractivity contribution < 1.29 is 14.4 Å². The summed E-state index contributed by atoms with van der Waals surface area (Å²) in [6.45, 7) is 1.94. The molecule has 0 aliphatic carbocycles. The second-order valence-electron chi connectivity index (χ2n) is 5.37. The predicted octanol–water partition coefficient (Wildman–Crippen LogP) is 4.24. The molecule has 1 N–H and O–H groups in total. The molecule has 0 amide bonds. The molecule has 2 aromatic carbocycles. The fourth-order valence-electron chi connectivity index (χ4n) is 2.29. The topological polar surface area (TPSA) is 99.4 Å². The third-order valence-electron chi connectivity index (χ3n) is 3.57. The summed E-state index contributed by atoms with van der Waals surface area (Å²) in [7, 11) is 1.51. The highest BCUT2D eigenvalue weighted by Crippen LogP contribution is 2.37. The molecule has 132 valence electrons. The minimum atomic E-state index is -0.582. The highest BCUT2D eigenvalue weighted by molar-refractivity contribution is 5.72. The summed E-state index contributed by atoms with van der Waals surface area (Å²) in [6.07, 6.45) is 1.20. The fraction of sp³-hybridized carbons (Fsp3) is 0.111. The van der Waals surface area contributed by atoms with Crippen molar-refractivity contribution in [1.82, 2.24) is 9.97 Å². The van der Waals surface area contributed by atoms with E-state index < -0.39 is 4.92 Å². The lowest BCUT2D eigenvalue weighted by Crippen LogP contribution is -2.04. The molecule has 0 spiro atoms. The van der Waals surface area contributed by atoms with Crippen LogP contribution in [-0.2, 0) is 0 Å². The molecule has 0 radical (unpaired) electrons. The molecule has 0 bridgehead atoms. The van der Waals surface area contributed by atoms with Gasteiger partial charge in [-0.1, -0.05) is 29.8 Å². The highest BCUT2D eigenvalue weighted by atomic mass is 16.6. The second-order valence-corrected chi connectivity index (χ2v) is 5.37. The molecule has 1 aromatic heterocycles. The number of aromatic nitrogens is 2. The summed E-state index contributed by atoms with van der Waals surface area (Å²) in [5.74, 6) is 0.838. The van der Waals surface area contributed by atoms with Crippen LogP contribution in [0, 0.1) is 17.0 Å². The zero-order valence-corrected chi connectivity index (χ0v) is 14.2. The summed E-state index contributed by atoms with van der Waals surface area (Å²) in [6, 6.07) is 14.2. The van der Waals surface area contributed by atoms with Crippen LogP contribution in [0.5, 0.6) is 17.4 Å². The molecule has 0 unspecified atom stereocenters. The van der Waals surface area contributed by atoms with Crippen LogP contribution in [-0.4, -0.2) is 22.0 Å². The number of anilines is 2.